The third-order valence-electron chi connectivity index (χ3n) is 7.73. The minimum Gasteiger partial charge on any atom is -0.369 e. The molecule has 36 heavy (non-hydrogen) atoms. The van der Waals surface area contributed by atoms with E-state index in [0.29, 0.717) is 0 Å². The number of benzene rings is 1. The van der Waals surface area contributed by atoms with E-state index in [1.165, 1.54) is 11.1 Å². The van der Waals surface area contributed by atoms with Crippen molar-refractivity contribution in [1.29, 1.82) is 0 Å². The fourth-order valence-electron chi connectivity index (χ4n) is 5.62. The van der Waals surface area contributed by atoms with Gasteiger partial charge in [-0.05, 0) is 57.9 Å². The summed E-state index contributed by atoms with van der Waals surface area (Å²) in [7, 11) is 0. The molecule has 0 unspecified atom stereocenters. The molecule has 1 amide bonds. The van der Waals surface area contributed by atoms with E-state index in [4.69, 9.17) is 4.98 Å². The number of fused-ring (bicyclic) bond motifs is 1. The number of aromatic nitrogens is 3. The van der Waals surface area contributed by atoms with Crippen LogP contribution in [0.5, 0.6) is 0 Å². The van der Waals surface area contributed by atoms with E-state index < -0.39 is 0 Å². The average molecular weight is 490 g/mol. The number of piperazine rings is 1. The van der Waals surface area contributed by atoms with Crippen LogP contribution in [-0.4, -0.2) is 77.9 Å². The number of nitrogens with zero attached hydrogens (tertiary/aromatic N) is 6. The summed E-state index contributed by atoms with van der Waals surface area (Å²) in [6.45, 7) is 12.8. The molecule has 3 aromatic rings. The van der Waals surface area contributed by atoms with Crippen molar-refractivity contribution in [3.63, 3.8) is 0 Å². The number of carbonyl (C=O) groups is 1. The van der Waals surface area contributed by atoms with Gasteiger partial charge in [0.05, 0.1) is 5.69 Å². The van der Waals surface area contributed by atoms with Crippen LogP contribution >= 0.6 is 0 Å². The Morgan fingerprint density at radius 3 is 2.47 bits per heavy atom. The van der Waals surface area contributed by atoms with Gasteiger partial charge < -0.3 is 15.1 Å². The topological polar surface area (TPSA) is 69.5 Å². The summed E-state index contributed by atoms with van der Waals surface area (Å²) in [5, 5.41) is 9.06. The van der Waals surface area contributed by atoms with E-state index in [2.05, 4.69) is 75.4 Å². The fourth-order valence-corrected chi connectivity index (χ4v) is 5.62. The highest BCUT2D eigenvalue weighted by atomic mass is 16.1. The van der Waals surface area contributed by atoms with Crippen LogP contribution < -0.4 is 15.1 Å². The molecule has 2 aliphatic rings. The smallest absolute Gasteiger partial charge is 0.223 e. The predicted octanol–water partition coefficient (Wildman–Crippen LogP) is 3.30. The molecule has 2 aromatic heterocycles. The monoisotopic (exact) mass is 489 g/mol. The summed E-state index contributed by atoms with van der Waals surface area (Å²) in [5.74, 6) is 1.30. The highest BCUT2D eigenvalue weighted by molar-refractivity contribution is 5.91. The molecule has 8 nitrogen and oxygen atoms in total. The van der Waals surface area contributed by atoms with E-state index in [1.54, 1.807) is 0 Å². The maximum atomic E-state index is 12.8. The Kier molecular flexibility index (Phi) is 7.70. The number of aryl methyl sites for hydroxylation is 2. The normalized spacial score (nSPS) is 17.6. The largest absolute Gasteiger partial charge is 0.369 e. The van der Waals surface area contributed by atoms with Gasteiger partial charge in [-0.1, -0.05) is 18.2 Å². The van der Waals surface area contributed by atoms with Crippen molar-refractivity contribution in [2.75, 3.05) is 62.2 Å². The van der Waals surface area contributed by atoms with Gasteiger partial charge >= 0.3 is 0 Å². The summed E-state index contributed by atoms with van der Waals surface area (Å²) in [6.07, 6.45) is 4.62. The fraction of sp³-hybridized carbons (Fsp3) is 0.536. The van der Waals surface area contributed by atoms with E-state index in [9.17, 15) is 4.79 Å². The van der Waals surface area contributed by atoms with Gasteiger partial charge in [-0.25, -0.2) is 4.98 Å². The maximum absolute atomic E-state index is 12.8. The number of nitrogens with one attached hydrogen (secondary N) is 1. The van der Waals surface area contributed by atoms with E-state index in [-0.39, 0.29) is 11.8 Å². The lowest BCUT2D eigenvalue weighted by molar-refractivity contribution is -0.125. The van der Waals surface area contributed by atoms with Crippen molar-refractivity contribution in [2.24, 2.45) is 5.92 Å². The Labute approximate surface area is 214 Å². The van der Waals surface area contributed by atoms with Crippen LogP contribution in [0.4, 0.5) is 11.5 Å². The Hall–Kier alpha value is -3.13. The SMILES string of the molecule is CCn1nc(C)c2ccnc(N3CCC(C(=O)NCCCN4CCN(c5ccccc5)CC4)CC3)c21. The average Bonchev–Trinajstić information content (AvgIpc) is 3.27. The van der Waals surface area contributed by atoms with Gasteiger partial charge in [0.2, 0.25) is 5.91 Å². The van der Waals surface area contributed by atoms with E-state index >= 15 is 0 Å². The van der Waals surface area contributed by atoms with Crippen molar-refractivity contribution < 1.29 is 4.79 Å². The molecule has 2 fully saturated rings. The van der Waals surface area contributed by atoms with E-state index in [1.807, 2.05) is 10.9 Å². The predicted molar refractivity (Wildman–Crippen MR) is 146 cm³/mol. The molecule has 192 valence electrons. The highest BCUT2D eigenvalue weighted by Gasteiger charge is 2.27. The van der Waals surface area contributed by atoms with Gasteiger partial charge in [0.25, 0.3) is 0 Å². The minimum atomic E-state index is 0.0905. The number of hydrogen-bond acceptors (Lipinski definition) is 6. The number of hydrogen-bond donors (Lipinski definition) is 1. The van der Waals surface area contributed by atoms with Crippen molar-refractivity contribution in [1.82, 2.24) is 25.0 Å². The maximum Gasteiger partial charge on any atom is 0.223 e. The number of para-hydroxylation sites is 1. The van der Waals surface area contributed by atoms with Gasteiger partial charge in [-0.2, -0.15) is 5.10 Å². The Morgan fingerprint density at radius 2 is 1.75 bits per heavy atom. The summed E-state index contributed by atoms with van der Waals surface area (Å²) in [4.78, 5) is 24.8. The van der Waals surface area contributed by atoms with Crippen molar-refractivity contribution >= 4 is 28.3 Å². The Balaban J connectivity index is 1.04. The first-order valence-electron chi connectivity index (χ1n) is 13.5. The number of rotatable bonds is 8. The molecule has 2 saturated heterocycles. The van der Waals surface area contributed by atoms with Crippen LogP contribution in [0.1, 0.15) is 31.9 Å². The third-order valence-corrected chi connectivity index (χ3v) is 7.73. The number of piperidine rings is 1. The number of amides is 1. The molecule has 4 heterocycles. The molecule has 0 atom stereocenters. The zero-order valence-corrected chi connectivity index (χ0v) is 21.7. The lowest BCUT2D eigenvalue weighted by Gasteiger charge is -2.36. The molecule has 1 aromatic carbocycles. The summed E-state index contributed by atoms with van der Waals surface area (Å²) in [5.41, 5.74) is 3.47. The zero-order valence-electron chi connectivity index (χ0n) is 21.7. The number of anilines is 2. The van der Waals surface area contributed by atoms with Gasteiger partial charge in [0.15, 0.2) is 5.82 Å². The van der Waals surface area contributed by atoms with Gasteiger partial charge in [0.1, 0.15) is 5.52 Å². The lowest BCUT2D eigenvalue weighted by atomic mass is 9.95. The van der Waals surface area contributed by atoms with E-state index in [0.717, 1.165) is 95.2 Å². The molecular weight excluding hydrogens is 450 g/mol. The molecule has 0 aliphatic carbocycles. The van der Waals surface area contributed by atoms with Gasteiger partial charge in [-0.3, -0.25) is 14.4 Å². The first-order chi connectivity index (χ1) is 17.6. The molecular formula is C28H39N7O. The summed E-state index contributed by atoms with van der Waals surface area (Å²) in [6, 6.07) is 12.7. The first-order valence-corrected chi connectivity index (χ1v) is 13.5. The second kappa shape index (κ2) is 11.3. The minimum absolute atomic E-state index is 0.0905. The lowest BCUT2D eigenvalue weighted by Crippen LogP contribution is -2.47. The molecule has 2 aliphatic heterocycles. The van der Waals surface area contributed by atoms with Crippen LogP contribution in [0.15, 0.2) is 42.6 Å². The van der Waals surface area contributed by atoms with Gasteiger partial charge in [0, 0.05) is 75.5 Å². The molecule has 0 saturated carbocycles. The molecule has 0 radical (unpaired) electrons. The standard InChI is InChI=1S/C28H39N7O/c1-3-35-26-25(22(2)31-35)10-14-29-27(26)34-16-11-23(12-17-34)28(36)30-13-7-15-32-18-20-33(21-19-32)24-8-5-4-6-9-24/h4-6,8-10,14,23H,3,7,11-13,15-21H2,1-2H3,(H,30,36). The van der Waals surface area contributed by atoms with Crippen molar-refractivity contribution in [3.8, 4) is 0 Å². The van der Waals surface area contributed by atoms with Crippen molar-refractivity contribution in [3.05, 3.63) is 48.3 Å². The molecule has 1 N–H and O–H groups in total. The molecule has 8 heteroatoms. The molecule has 0 spiro atoms. The van der Waals surface area contributed by atoms with Crippen LogP contribution in [0.25, 0.3) is 10.9 Å². The number of carbonyl (C=O) groups excluding carboxylic acids is 1. The molecule has 5 rings (SSSR count). The van der Waals surface area contributed by atoms with Crippen LogP contribution in [0.3, 0.4) is 0 Å². The third kappa shape index (κ3) is 5.33. The van der Waals surface area contributed by atoms with Crippen LogP contribution in [-0.2, 0) is 11.3 Å². The highest BCUT2D eigenvalue weighted by Crippen LogP contribution is 2.30. The second-order valence-corrected chi connectivity index (χ2v) is 10.0. The number of pyridine rings is 1. The Morgan fingerprint density at radius 1 is 1.00 bits per heavy atom. The summed E-state index contributed by atoms with van der Waals surface area (Å²) >= 11 is 0. The first kappa shape index (κ1) is 24.6. The van der Waals surface area contributed by atoms with Gasteiger partial charge in [-0.15, -0.1) is 0 Å². The zero-order chi connectivity index (χ0) is 24.9. The summed E-state index contributed by atoms with van der Waals surface area (Å²) < 4.78 is 2.05. The second-order valence-electron chi connectivity index (χ2n) is 10.0. The Bertz CT molecular complexity index is 1150. The molecule has 0 bridgehead atoms. The quantitative estimate of drug-likeness (QED) is 0.490. The van der Waals surface area contributed by atoms with Crippen molar-refractivity contribution in [2.45, 2.75) is 39.7 Å². The van der Waals surface area contributed by atoms with Crippen LogP contribution in [0, 0.1) is 12.8 Å². The van der Waals surface area contributed by atoms with Crippen LogP contribution in [0.2, 0.25) is 0 Å².